The van der Waals surface area contributed by atoms with E-state index < -0.39 is 0 Å². The summed E-state index contributed by atoms with van der Waals surface area (Å²) >= 11 is 0. The molecule has 1 amide bonds. The van der Waals surface area contributed by atoms with Crippen LogP contribution in [0.5, 0.6) is 11.5 Å². The van der Waals surface area contributed by atoms with Crippen molar-refractivity contribution in [3.05, 3.63) is 48.0 Å². The van der Waals surface area contributed by atoms with Crippen LogP contribution in [-0.2, 0) is 4.79 Å². The maximum Gasteiger partial charge on any atom is 0.246 e. The lowest BCUT2D eigenvalue weighted by molar-refractivity contribution is -0.114. The first-order chi connectivity index (χ1) is 14.2. The van der Waals surface area contributed by atoms with Gasteiger partial charge in [-0.2, -0.15) is 0 Å². The second kappa shape index (κ2) is 10.0. The molecule has 3 N–H and O–H groups in total. The van der Waals surface area contributed by atoms with Crippen LogP contribution in [0.2, 0.25) is 0 Å². The van der Waals surface area contributed by atoms with E-state index in [2.05, 4.69) is 26.9 Å². The van der Waals surface area contributed by atoms with Crippen molar-refractivity contribution < 1.29 is 14.3 Å². The Balaban J connectivity index is 1.64. The molecule has 0 radical (unpaired) electrons. The summed E-state index contributed by atoms with van der Waals surface area (Å²) < 4.78 is 11.4. The van der Waals surface area contributed by atoms with Gasteiger partial charge in [-0.1, -0.05) is 12.0 Å². The summed E-state index contributed by atoms with van der Waals surface area (Å²) in [5.74, 6) is 4.21. The highest BCUT2D eigenvalue weighted by atomic mass is 16.5. The standard InChI is InChI=1S/C22H24N4O3/c1-3-16-7-5-8-17(13-16)25-21(27)15-24-22(23-4-2)26-18-9-10-19-20(14-18)29-12-6-11-28-19/h1,5,7-10,13-14H,4,6,11-12,15H2,2H3,(H,25,27)(H2,23,24,26). The maximum absolute atomic E-state index is 12.2. The minimum absolute atomic E-state index is 0.0415. The minimum atomic E-state index is -0.241. The highest BCUT2D eigenvalue weighted by Gasteiger charge is 2.11. The van der Waals surface area contributed by atoms with Crippen molar-refractivity contribution in [1.82, 2.24) is 5.32 Å². The van der Waals surface area contributed by atoms with Crippen molar-refractivity contribution in [2.24, 2.45) is 4.99 Å². The lowest BCUT2D eigenvalue weighted by Crippen LogP contribution is -2.31. The number of fused-ring (bicyclic) bond motifs is 1. The molecule has 0 unspecified atom stereocenters. The van der Waals surface area contributed by atoms with Gasteiger partial charge >= 0.3 is 0 Å². The Morgan fingerprint density at radius 3 is 2.69 bits per heavy atom. The van der Waals surface area contributed by atoms with Gasteiger partial charge in [0.1, 0.15) is 6.54 Å². The predicted octanol–water partition coefficient (Wildman–Crippen LogP) is 2.85. The zero-order valence-electron chi connectivity index (χ0n) is 16.3. The molecule has 0 fully saturated rings. The van der Waals surface area contributed by atoms with Gasteiger partial charge in [-0.05, 0) is 37.3 Å². The molecule has 0 atom stereocenters. The predicted molar refractivity (Wildman–Crippen MR) is 115 cm³/mol. The van der Waals surface area contributed by atoms with Crippen LogP contribution in [0.3, 0.4) is 0 Å². The summed E-state index contributed by atoms with van der Waals surface area (Å²) in [5, 5.41) is 9.10. The monoisotopic (exact) mass is 392 g/mol. The maximum atomic E-state index is 12.2. The van der Waals surface area contributed by atoms with Crippen LogP contribution < -0.4 is 25.4 Å². The average molecular weight is 392 g/mol. The molecule has 0 spiro atoms. The lowest BCUT2D eigenvalue weighted by atomic mass is 10.2. The molecule has 1 aliphatic heterocycles. The first-order valence-electron chi connectivity index (χ1n) is 9.49. The van der Waals surface area contributed by atoms with Crippen molar-refractivity contribution in [2.75, 3.05) is 36.9 Å². The number of aliphatic imine (C=N–C) groups is 1. The van der Waals surface area contributed by atoms with Crippen LogP contribution in [0.4, 0.5) is 11.4 Å². The van der Waals surface area contributed by atoms with Gasteiger partial charge in [0.05, 0.1) is 13.2 Å². The summed E-state index contributed by atoms with van der Waals surface area (Å²) in [7, 11) is 0. The van der Waals surface area contributed by atoms with Crippen molar-refractivity contribution >= 4 is 23.2 Å². The van der Waals surface area contributed by atoms with Gasteiger partial charge in [0.2, 0.25) is 5.91 Å². The first kappa shape index (κ1) is 20.1. The fourth-order valence-corrected chi connectivity index (χ4v) is 2.72. The number of carbonyl (C=O) groups is 1. The Bertz CT molecular complexity index is 934. The Labute approximate surface area is 170 Å². The molecule has 2 aromatic carbocycles. The van der Waals surface area contributed by atoms with Crippen molar-refractivity contribution in [3.8, 4) is 23.8 Å². The van der Waals surface area contributed by atoms with Gasteiger partial charge in [-0.15, -0.1) is 6.42 Å². The van der Waals surface area contributed by atoms with E-state index in [9.17, 15) is 4.79 Å². The number of rotatable bonds is 5. The highest BCUT2D eigenvalue weighted by molar-refractivity contribution is 5.98. The van der Waals surface area contributed by atoms with Gasteiger partial charge in [-0.3, -0.25) is 4.79 Å². The van der Waals surface area contributed by atoms with Gasteiger partial charge in [-0.25, -0.2) is 4.99 Å². The van der Waals surface area contributed by atoms with Gasteiger partial charge < -0.3 is 25.4 Å². The molecule has 7 nitrogen and oxygen atoms in total. The number of nitrogens with zero attached hydrogens (tertiary/aromatic N) is 1. The van der Waals surface area contributed by atoms with E-state index in [0.717, 1.165) is 17.9 Å². The van der Waals surface area contributed by atoms with Gasteiger partial charge in [0, 0.05) is 36.0 Å². The zero-order valence-corrected chi connectivity index (χ0v) is 16.3. The molecule has 0 saturated carbocycles. The second-order valence-corrected chi connectivity index (χ2v) is 6.31. The molecule has 1 aliphatic rings. The number of terminal acetylenes is 1. The molecule has 2 aromatic rings. The summed E-state index contributed by atoms with van der Waals surface area (Å²) in [6.07, 6.45) is 6.24. The fourth-order valence-electron chi connectivity index (χ4n) is 2.72. The van der Waals surface area contributed by atoms with Crippen molar-refractivity contribution in [3.63, 3.8) is 0 Å². The number of ether oxygens (including phenoxy) is 2. The number of carbonyl (C=O) groups excluding carboxylic acids is 1. The van der Waals surface area contributed by atoms with E-state index in [0.29, 0.717) is 42.7 Å². The molecule has 150 valence electrons. The summed E-state index contributed by atoms with van der Waals surface area (Å²) in [5.41, 5.74) is 2.13. The van der Waals surface area contributed by atoms with E-state index >= 15 is 0 Å². The number of nitrogens with one attached hydrogen (secondary N) is 3. The molecule has 0 saturated heterocycles. The molecule has 7 heteroatoms. The number of hydrogen-bond donors (Lipinski definition) is 3. The molecule has 0 bridgehead atoms. The SMILES string of the molecule is C#Cc1cccc(NC(=O)CN=C(NCC)Nc2ccc3c(c2)OCCCO3)c1. The van der Waals surface area contributed by atoms with Gasteiger partial charge in [0.25, 0.3) is 0 Å². The average Bonchev–Trinajstić information content (AvgIpc) is 2.97. The topological polar surface area (TPSA) is 84.0 Å². The van der Waals surface area contributed by atoms with Gasteiger partial charge in [0.15, 0.2) is 17.5 Å². The van der Waals surface area contributed by atoms with E-state index in [1.54, 1.807) is 24.3 Å². The highest BCUT2D eigenvalue weighted by Crippen LogP contribution is 2.32. The van der Waals surface area contributed by atoms with Crippen LogP contribution in [0.1, 0.15) is 18.9 Å². The molecule has 29 heavy (non-hydrogen) atoms. The van der Waals surface area contributed by atoms with Crippen LogP contribution in [0.25, 0.3) is 0 Å². The molecule has 1 heterocycles. The number of benzene rings is 2. The molecule has 0 aliphatic carbocycles. The zero-order chi connectivity index (χ0) is 20.5. The van der Waals surface area contributed by atoms with E-state index in [-0.39, 0.29) is 12.5 Å². The van der Waals surface area contributed by atoms with Crippen LogP contribution in [0.15, 0.2) is 47.5 Å². The largest absolute Gasteiger partial charge is 0.490 e. The lowest BCUT2D eigenvalue weighted by Gasteiger charge is -2.13. The third-order valence-electron chi connectivity index (χ3n) is 4.05. The Kier molecular flexibility index (Phi) is 6.95. The number of amides is 1. The van der Waals surface area contributed by atoms with Crippen LogP contribution in [-0.4, -0.2) is 38.2 Å². The quantitative estimate of drug-likeness (QED) is 0.414. The Hall–Kier alpha value is -3.66. The van der Waals surface area contributed by atoms with Crippen LogP contribution >= 0.6 is 0 Å². The second-order valence-electron chi connectivity index (χ2n) is 6.31. The van der Waals surface area contributed by atoms with Crippen molar-refractivity contribution in [2.45, 2.75) is 13.3 Å². The fraction of sp³-hybridized carbons (Fsp3) is 0.273. The van der Waals surface area contributed by atoms with E-state index in [4.69, 9.17) is 15.9 Å². The number of hydrogen-bond acceptors (Lipinski definition) is 4. The first-order valence-corrected chi connectivity index (χ1v) is 9.49. The summed E-state index contributed by atoms with van der Waals surface area (Å²) in [4.78, 5) is 16.6. The molecule has 0 aromatic heterocycles. The summed E-state index contributed by atoms with van der Waals surface area (Å²) in [6, 6.07) is 12.7. The Morgan fingerprint density at radius 2 is 1.90 bits per heavy atom. The van der Waals surface area contributed by atoms with Crippen LogP contribution in [0, 0.1) is 12.3 Å². The smallest absolute Gasteiger partial charge is 0.246 e. The third kappa shape index (κ3) is 5.91. The van der Waals surface area contributed by atoms with E-state index in [1.165, 1.54) is 0 Å². The summed E-state index contributed by atoms with van der Waals surface area (Å²) in [6.45, 7) is 3.83. The normalized spacial score (nSPS) is 13.0. The Morgan fingerprint density at radius 1 is 1.10 bits per heavy atom. The molecular weight excluding hydrogens is 368 g/mol. The van der Waals surface area contributed by atoms with E-state index in [1.807, 2.05) is 25.1 Å². The number of anilines is 2. The third-order valence-corrected chi connectivity index (χ3v) is 4.05. The number of guanidine groups is 1. The minimum Gasteiger partial charge on any atom is -0.490 e. The molecule has 3 rings (SSSR count). The molecular formula is C22H24N4O3. The van der Waals surface area contributed by atoms with Crippen molar-refractivity contribution in [1.29, 1.82) is 0 Å².